The second-order valence-electron chi connectivity index (χ2n) is 9.32. The molecule has 1 spiro atoms. The van der Waals surface area contributed by atoms with Gasteiger partial charge in [-0.05, 0) is 37.1 Å². The predicted molar refractivity (Wildman–Crippen MR) is 125 cm³/mol. The number of methoxy groups -OCH3 is 1. The monoisotopic (exact) mass is 526 g/mol. The summed E-state index contributed by atoms with van der Waals surface area (Å²) in [6.45, 7) is 0.0703. The smallest absolute Gasteiger partial charge is 0.259 e. The molecule has 11 nitrogen and oxygen atoms in total. The third kappa shape index (κ3) is 4.11. The first-order valence-electron chi connectivity index (χ1n) is 11.3. The number of likely N-dealkylation sites (tertiary alicyclic amines) is 1. The lowest BCUT2D eigenvalue weighted by Gasteiger charge is -2.44. The first-order chi connectivity index (χ1) is 16.6. The average molecular weight is 527 g/mol. The Hall–Kier alpha value is -2.22. The molecule has 3 aliphatic heterocycles. The van der Waals surface area contributed by atoms with E-state index in [9.17, 15) is 18.0 Å². The lowest BCUT2D eigenvalue weighted by Crippen LogP contribution is -2.65. The van der Waals surface area contributed by atoms with Gasteiger partial charge >= 0.3 is 0 Å². The SMILES string of the molecule is COCC12CN(S(=O)(=O)c3cc4cc(Cl)ccc4[nH]3)CC(=O)N1CC1(CCN(C(=O)CO)CC1)O2. The van der Waals surface area contributed by atoms with Crippen LogP contribution >= 0.6 is 11.6 Å². The highest BCUT2D eigenvalue weighted by Crippen LogP contribution is 2.44. The van der Waals surface area contributed by atoms with Gasteiger partial charge in [0.15, 0.2) is 5.72 Å². The third-order valence-electron chi connectivity index (χ3n) is 7.09. The highest BCUT2D eigenvalue weighted by atomic mass is 35.5. The number of ether oxygens (including phenoxy) is 2. The number of aliphatic hydroxyl groups excluding tert-OH is 1. The molecule has 2 aromatic rings. The molecule has 35 heavy (non-hydrogen) atoms. The lowest BCUT2D eigenvalue weighted by atomic mass is 9.91. The number of halogens is 1. The minimum Gasteiger partial charge on any atom is -0.387 e. The summed E-state index contributed by atoms with van der Waals surface area (Å²) < 4.78 is 40.2. The summed E-state index contributed by atoms with van der Waals surface area (Å²) >= 11 is 6.04. The fourth-order valence-electron chi connectivity index (χ4n) is 5.35. The van der Waals surface area contributed by atoms with Crippen LogP contribution < -0.4 is 0 Å². The molecule has 3 saturated heterocycles. The van der Waals surface area contributed by atoms with Crippen LogP contribution in [-0.4, -0.2) is 109 Å². The number of fused-ring (bicyclic) bond motifs is 2. The first kappa shape index (κ1) is 24.5. The number of sulfonamides is 1. The van der Waals surface area contributed by atoms with Crippen molar-refractivity contribution in [1.29, 1.82) is 0 Å². The molecule has 1 atom stereocenters. The van der Waals surface area contributed by atoms with Crippen molar-refractivity contribution in [2.24, 2.45) is 0 Å². The fourth-order valence-corrected chi connectivity index (χ4v) is 6.98. The summed E-state index contributed by atoms with van der Waals surface area (Å²) in [5.74, 6) is -0.725. The molecule has 5 rings (SSSR count). The molecule has 1 aromatic heterocycles. The molecule has 0 aliphatic carbocycles. The number of piperazine rings is 1. The molecule has 0 bridgehead atoms. The van der Waals surface area contributed by atoms with E-state index in [1.165, 1.54) is 13.2 Å². The quantitative estimate of drug-likeness (QED) is 0.575. The topological polar surface area (TPSA) is 132 Å². The van der Waals surface area contributed by atoms with Gasteiger partial charge in [0.05, 0.1) is 31.8 Å². The highest BCUT2D eigenvalue weighted by molar-refractivity contribution is 7.89. The van der Waals surface area contributed by atoms with Crippen LogP contribution in [0.2, 0.25) is 5.02 Å². The Balaban J connectivity index is 1.43. The summed E-state index contributed by atoms with van der Waals surface area (Å²) in [5, 5.41) is 10.3. The van der Waals surface area contributed by atoms with E-state index in [0.29, 0.717) is 41.9 Å². The van der Waals surface area contributed by atoms with E-state index < -0.39 is 28.0 Å². The van der Waals surface area contributed by atoms with Crippen LogP contribution in [0.5, 0.6) is 0 Å². The van der Waals surface area contributed by atoms with E-state index in [1.54, 1.807) is 28.0 Å². The van der Waals surface area contributed by atoms with Crippen LogP contribution in [0.25, 0.3) is 10.9 Å². The Morgan fingerprint density at radius 3 is 2.69 bits per heavy atom. The van der Waals surface area contributed by atoms with E-state index >= 15 is 0 Å². The van der Waals surface area contributed by atoms with E-state index in [4.69, 9.17) is 26.2 Å². The maximum atomic E-state index is 13.6. The number of rotatable bonds is 5. The van der Waals surface area contributed by atoms with Crippen molar-refractivity contribution >= 4 is 44.3 Å². The highest BCUT2D eigenvalue weighted by Gasteiger charge is 2.61. The molecule has 4 heterocycles. The Morgan fingerprint density at radius 2 is 2.00 bits per heavy atom. The summed E-state index contributed by atoms with van der Waals surface area (Å²) in [6, 6.07) is 6.53. The Bertz CT molecular complexity index is 1270. The van der Waals surface area contributed by atoms with E-state index in [0.717, 1.165) is 4.31 Å². The van der Waals surface area contributed by atoms with Gasteiger partial charge in [0.1, 0.15) is 11.6 Å². The number of hydrogen-bond acceptors (Lipinski definition) is 7. The number of carbonyl (C=O) groups excluding carboxylic acids is 2. The van der Waals surface area contributed by atoms with Crippen molar-refractivity contribution in [1.82, 2.24) is 19.1 Å². The van der Waals surface area contributed by atoms with Gasteiger partial charge in [0.25, 0.3) is 10.0 Å². The summed E-state index contributed by atoms with van der Waals surface area (Å²) in [5.41, 5.74) is -1.39. The van der Waals surface area contributed by atoms with Gasteiger partial charge in [-0.15, -0.1) is 0 Å². The maximum Gasteiger partial charge on any atom is 0.259 e. The van der Waals surface area contributed by atoms with Crippen molar-refractivity contribution in [3.05, 3.63) is 29.3 Å². The van der Waals surface area contributed by atoms with Gasteiger partial charge < -0.3 is 29.4 Å². The van der Waals surface area contributed by atoms with Crippen molar-refractivity contribution in [3.8, 4) is 0 Å². The molecule has 190 valence electrons. The molecular weight excluding hydrogens is 500 g/mol. The Kier molecular flexibility index (Phi) is 6.09. The van der Waals surface area contributed by atoms with E-state index in [-0.39, 0.29) is 43.1 Å². The molecule has 1 unspecified atom stereocenters. The number of piperidine rings is 1. The zero-order valence-corrected chi connectivity index (χ0v) is 20.8. The van der Waals surface area contributed by atoms with Crippen LogP contribution in [0.1, 0.15) is 12.8 Å². The van der Waals surface area contributed by atoms with Crippen LogP contribution in [0.15, 0.2) is 29.3 Å². The Labute approximate surface area is 207 Å². The zero-order valence-electron chi connectivity index (χ0n) is 19.2. The second kappa shape index (κ2) is 8.71. The number of nitrogens with zero attached hydrogens (tertiary/aromatic N) is 3. The van der Waals surface area contributed by atoms with Crippen LogP contribution in [0.3, 0.4) is 0 Å². The van der Waals surface area contributed by atoms with Crippen molar-refractivity contribution in [2.45, 2.75) is 29.2 Å². The fraction of sp³-hybridized carbons (Fsp3) is 0.545. The normalized spacial score (nSPS) is 24.9. The van der Waals surface area contributed by atoms with Gasteiger partial charge in [-0.3, -0.25) is 9.59 Å². The van der Waals surface area contributed by atoms with Crippen LogP contribution in [0, 0.1) is 0 Å². The molecule has 0 radical (unpaired) electrons. The summed E-state index contributed by atoms with van der Waals surface area (Å²) in [6.07, 6.45) is 0.924. The van der Waals surface area contributed by atoms with Crippen LogP contribution in [-0.2, 0) is 29.1 Å². The molecule has 2 amide bonds. The van der Waals surface area contributed by atoms with Gasteiger partial charge in [0, 0.05) is 36.1 Å². The van der Waals surface area contributed by atoms with Crippen molar-refractivity contribution in [2.75, 3.05) is 53.0 Å². The van der Waals surface area contributed by atoms with E-state index in [1.807, 2.05) is 0 Å². The van der Waals surface area contributed by atoms with Crippen molar-refractivity contribution < 1.29 is 32.6 Å². The van der Waals surface area contributed by atoms with Gasteiger partial charge in [0.2, 0.25) is 11.8 Å². The summed E-state index contributed by atoms with van der Waals surface area (Å²) in [7, 11) is -2.58. The molecule has 2 N–H and O–H groups in total. The maximum absolute atomic E-state index is 13.6. The van der Waals surface area contributed by atoms with Crippen molar-refractivity contribution in [3.63, 3.8) is 0 Å². The third-order valence-corrected chi connectivity index (χ3v) is 9.04. The molecule has 1 aromatic carbocycles. The molecular formula is C22H27ClN4O7S. The minimum absolute atomic E-state index is 0.00585. The average Bonchev–Trinajstić information content (AvgIpc) is 3.39. The first-order valence-corrected chi connectivity index (χ1v) is 13.1. The van der Waals surface area contributed by atoms with Gasteiger partial charge in [-0.25, -0.2) is 8.42 Å². The number of aromatic amines is 1. The molecule has 3 fully saturated rings. The van der Waals surface area contributed by atoms with Gasteiger partial charge in [-0.2, -0.15) is 4.31 Å². The van der Waals surface area contributed by atoms with Crippen LogP contribution in [0.4, 0.5) is 0 Å². The molecule has 3 aliphatic rings. The molecule has 0 saturated carbocycles. The zero-order chi connectivity index (χ0) is 25.0. The number of amides is 2. The standard InChI is InChI=1S/C22H27ClN4O7S/c1-33-14-22-13-26(35(31,32)18-9-15-8-16(23)2-3-17(15)24-18)10-19(29)27(22)12-21(34-22)4-6-25(7-5-21)20(30)11-28/h2-3,8-9,24,28H,4-7,10-14H2,1H3. The number of nitrogens with one attached hydrogen (secondary N) is 1. The van der Waals surface area contributed by atoms with Gasteiger partial charge in [-0.1, -0.05) is 11.6 Å². The second-order valence-corrected chi connectivity index (χ2v) is 11.7. The Morgan fingerprint density at radius 1 is 1.26 bits per heavy atom. The number of hydrogen-bond donors (Lipinski definition) is 2. The number of benzene rings is 1. The minimum atomic E-state index is -4.06. The van der Waals surface area contributed by atoms with E-state index in [2.05, 4.69) is 4.98 Å². The lowest BCUT2D eigenvalue weighted by molar-refractivity contribution is -0.198. The number of aliphatic hydroxyl groups is 1. The number of H-pyrrole nitrogens is 1. The predicted octanol–water partition coefficient (Wildman–Crippen LogP) is 0.381. The number of aromatic nitrogens is 1. The largest absolute Gasteiger partial charge is 0.387 e. The molecule has 13 heteroatoms. The summed E-state index contributed by atoms with van der Waals surface area (Å²) in [4.78, 5) is 31.2. The number of carbonyl (C=O) groups is 2.